The molecule has 2 fully saturated rings. The molecule has 0 bridgehead atoms. The van der Waals surface area contributed by atoms with Crippen LogP contribution in [0.25, 0.3) is 0 Å². The number of hydrogen-bond acceptors (Lipinski definition) is 1. The molecule has 0 heterocycles. The Balaban J connectivity index is 0.00000116. The fraction of sp³-hybridized carbons (Fsp3) is 0.905. The van der Waals surface area contributed by atoms with Crippen molar-refractivity contribution in [3.63, 3.8) is 0 Å². The van der Waals surface area contributed by atoms with E-state index in [1.165, 1.54) is 51.4 Å². The molecule has 0 aromatic rings. The topological polar surface area (TPSA) is 0 Å². The van der Waals surface area contributed by atoms with Crippen molar-refractivity contribution in [3.8, 4) is 0 Å². The van der Waals surface area contributed by atoms with Gasteiger partial charge in [0.25, 0.3) is 0 Å². The fourth-order valence-electron chi connectivity index (χ4n) is 5.46. The molecule has 0 radical (unpaired) electrons. The van der Waals surface area contributed by atoms with Crippen LogP contribution in [0.4, 0.5) is 0 Å². The lowest BCUT2D eigenvalue weighted by atomic mass is 9.47. The third kappa shape index (κ3) is 4.13. The minimum absolute atomic E-state index is 0.532. The Morgan fingerprint density at radius 3 is 2.45 bits per heavy atom. The molecule has 2 aliphatic carbocycles. The van der Waals surface area contributed by atoms with Crippen molar-refractivity contribution in [1.29, 1.82) is 0 Å². The van der Waals surface area contributed by atoms with E-state index in [0.717, 1.165) is 17.8 Å². The summed E-state index contributed by atoms with van der Waals surface area (Å²) in [7, 11) is 0. The summed E-state index contributed by atoms with van der Waals surface area (Å²) in [4.78, 5) is 0. The average Bonchev–Trinajstić information content (AvgIpc) is 2.47. The molecular formula is C21H40S. The van der Waals surface area contributed by atoms with Crippen molar-refractivity contribution in [3.05, 3.63) is 12.2 Å². The molecule has 4 unspecified atom stereocenters. The van der Waals surface area contributed by atoms with Crippen LogP contribution in [0.1, 0.15) is 86.0 Å². The van der Waals surface area contributed by atoms with Crippen LogP contribution >= 0.6 is 12.6 Å². The van der Waals surface area contributed by atoms with Crippen molar-refractivity contribution in [2.75, 3.05) is 6.26 Å². The van der Waals surface area contributed by atoms with Crippen LogP contribution in [0.5, 0.6) is 0 Å². The maximum absolute atomic E-state index is 4.48. The van der Waals surface area contributed by atoms with Gasteiger partial charge in [-0.25, -0.2) is 0 Å². The summed E-state index contributed by atoms with van der Waals surface area (Å²) < 4.78 is 0. The minimum atomic E-state index is 0.532. The summed E-state index contributed by atoms with van der Waals surface area (Å²) in [6.07, 6.45) is 12.8. The van der Waals surface area contributed by atoms with E-state index in [-0.39, 0.29) is 0 Å². The van der Waals surface area contributed by atoms with E-state index >= 15 is 0 Å². The molecule has 2 aliphatic rings. The van der Waals surface area contributed by atoms with Crippen molar-refractivity contribution >= 4 is 12.6 Å². The van der Waals surface area contributed by atoms with Crippen molar-refractivity contribution in [2.45, 2.75) is 86.0 Å². The van der Waals surface area contributed by atoms with Gasteiger partial charge in [-0.2, -0.15) is 12.6 Å². The zero-order chi connectivity index (χ0) is 17.0. The molecule has 0 aromatic heterocycles. The Morgan fingerprint density at radius 1 is 1.23 bits per heavy atom. The molecular weight excluding hydrogens is 284 g/mol. The largest absolute Gasteiger partial charge is 0.183 e. The van der Waals surface area contributed by atoms with Gasteiger partial charge < -0.3 is 0 Å². The first-order valence-corrected chi connectivity index (χ1v) is 10.3. The molecule has 0 amide bonds. The summed E-state index contributed by atoms with van der Waals surface area (Å²) in [6.45, 7) is 16.9. The molecule has 0 aromatic carbocycles. The zero-order valence-electron chi connectivity index (χ0n) is 16.0. The fourth-order valence-corrected chi connectivity index (χ4v) is 5.46. The maximum Gasteiger partial charge on any atom is -0.0149 e. The molecule has 0 aliphatic heterocycles. The quantitative estimate of drug-likeness (QED) is 0.411. The highest BCUT2D eigenvalue weighted by molar-refractivity contribution is 7.79. The highest BCUT2D eigenvalue weighted by Gasteiger charge is 2.52. The van der Waals surface area contributed by atoms with Gasteiger partial charge >= 0.3 is 0 Å². The van der Waals surface area contributed by atoms with E-state index in [4.69, 9.17) is 0 Å². The van der Waals surface area contributed by atoms with Crippen molar-refractivity contribution in [1.82, 2.24) is 0 Å². The van der Waals surface area contributed by atoms with E-state index < -0.39 is 0 Å². The standard InChI is InChI=1S/C20H36.CH4S/c1-7-15(2)9-11-17-16(3)10-12-18-19(4,5)13-8-14-20(17,18)6;1-2/h15,17-18H,3,7-14H2,1-2,4-6H3;2H,1H3. The lowest BCUT2D eigenvalue weighted by Gasteiger charge is -2.58. The molecule has 0 saturated heterocycles. The normalized spacial score (nSPS) is 35.1. The van der Waals surface area contributed by atoms with E-state index in [1.54, 1.807) is 11.8 Å². The number of hydrogen-bond donors (Lipinski definition) is 1. The van der Waals surface area contributed by atoms with Crippen LogP contribution in [0, 0.1) is 28.6 Å². The molecule has 0 N–H and O–H groups in total. The molecule has 0 nitrogen and oxygen atoms in total. The van der Waals surface area contributed by atoms with Gasteiger partial charge in [0.05, 0.1) is 0 Å². The number of fused-ring (bicyclic) bond motifs is 1. The monoisotopic (exact) mass is 324 g/mol. The molecule has 2 saturated carbocycles. The summed E-state index contributed by atoms with van der Waals surface area (Å²) >= 11 is 3.53. The van der Waals surface area contributed by atoms with Gasteiger partial charge in [0.2, 0.25) is 0 Å². The van der Waals surface area contributed by atoms with E-state index in [9.17, 15) is 0 Å². The van der Waals surface area contributed by atoms with E-state index in [2.05, 4.69) is 53.8 Å². The van der Waals surface area contributed by atoms with Crippen molar-refractivity contribution < 1.29 is 0 Å². The average molecular weight is 325 g/mol. The third-order valence-corrected chi connectivity index (χ3v) is 6.96. The lowest BCUT2D eigenvalue weighted by molar-refractivity contribution is -0.0552. The summed E-state index contributed by atoms with van der Waals surface area (Å²) in [5.74, 6) is 2.58. The third-order valence-electron chi connectivity index (χ3n) is 6.96. The number of thiol groups is 1. The van der Waals surface area contributed by atoms with Gasteiger partial charge in [0.15, 0.2) is 0 Å². The molecule has 130 valence electrons. The second-order valence-electron chi connectivity index (χ2n) is 8.74. The number of rotatable bonds is 4. The van der Waals surface area contributed by atoms with Crippen LogP contribution in [-0.2, 0) is 0 Å². The van der Waals surface area contributed by atoms with Gasteiger partial charge in [-0.05, 0) is 66.9 Å². The highest BCUT2D eigenvalue weighted by atomic mass is 32.1. The van der Waals surface area contributed by atoms with E-state index in [1.807, 2.05) is 0 Å². The van der Waals surface area contributed by atoms with Crippen molar-refractivity contribution in [2.24, 2.45) is 28.6 Å². The van der Waals surface area contributed by atoms with Gasteiger partial charge in [0.1, 0.15) is 0 Å². The molecule has 22 heavy (non-hydrogen) atoms. The SMILES string of the molecule is C=C1CCC2C(C)(C)CCCC2(C)C1CCC(C)CC.CS. The molecule has 2 rings (SSSR count). The Morgan fingerprint density at radius 2 is 1.86 bits per heavy atom. The highest BCUT2D eigenvalue weighted by Crippen LogP contribution is 2.61. The summed E-state index contributed by atoms with van der Waals surface area (Å²) in [5.41, 5.74) is 2.65. The van der Waals surface area contributed by atoms with Crippen LogP contribution in [0.15, 0.2) is 12.2 Å². The smallest absolute Gasteiger partial charge is 0.0149 e. The van der Waals surface area contributed by atoms with Gasteiger partial charge in [-0.15, -0.1) is 0 Å². The van der Waals surface area contributed by atoms with Gasteiger partial charge in [-0.3, -0.25) is 0 Å². The lowest BCUT2D eigenvalue weighted by Crippen LogP contribution is -2.49. The Hall–Kier alpha value is 0.0900. The summed E-state index contributed by atoms with van der Waals surface area (Å²) in [5, 5.41) is 0. The van der Waals surface area contributed by atoms with Gasteiger partial charge in [-0.1, -0.05) is 66.0 Å². The van der Waals surface area contributed by atoms with Crippen LogP contribution in [-0.4, -0.2) is 6.26 Å². The van der Waals surface area contributed by atoms with Crippen LogP contribution in [0.3, 0.4) is 0 Å². The predicted molar refractivity (Wildman–Crippen MR) is 105 cm³/mol. The second kappa shape index (κ2) is 8.27. The number of allylic oxidation sites excluding steroid dienone is 1. The second-order valence-corrected chi connectivity index (χ2v) is 8.74. The Bertz CT molecular complexity index is 357. The molecule has 1 heteroatoms. The van der Waals surface area contributed by atoms with Gasteiger partial charge in [0, 0.05) is 0 Å². The zero-order valence-corrected chi connectivity index (χ0v) is 16.9. The first-order valence-electron chi connectivity index (χ1n) is 9.43. The van der Waals surface area contributed by atoms with Crippen LogP contribution < -0.4 is 0 Å². The molecule has 4 atom stereocenters. The Kier molecular flexibility index (Phi) is 7.57. The first kappa shape index (κ1) is 20.1. The van der Waals surface area contributed by atoms with E-state index in [0.29, 0.717) is 10.8 Å². The van der Waals surface area contributed by atoms with Crippen LogP contribution in [0.2, 0.25) is 0 Å². The molecule has 0 spiro atoms. The maximum atomic E-state index is 4.48. The summed E-state index contributed by atoms with van der Waals surface area (Å²) in [6, 6.07) is 0. The predicted octanol–water partition coefficient (Wildman–Crippen LogP) is 7.16. The Labute approximate surface area is 145 Å². The first-order chi connectivity index (χ1) is 10.3. The minimum Gasteiger partial charge on any atom is -0.183 e.